The van der Waals surface area contributed by atoms with E-state index in [4.69, 9.17) is 16.1 Å². The third-order valence-corrected chi connectivity index (χ3v) is 6.12. The Balaban J connectivity index is 1.24. The second-order valence-electron chi connectivity index (χ2n) is 8.15. The molecule has 2 amide bonds. The fourth-order valence-corrected chi connectivity index (χ4v) is 4.13. The maximum Gasteiger partial charge on any atom is 0.253 e. The number of aryl methyl sites for hydroxylation is 1. The normalized spacial score (nSPS) is 14.2. The van der Waals surface area contributed by atoms with E-state index in [2.05, 4.69) is 15.0 Å². The quantitative estimate of drug-likeness (QED) is 0.488. The molecule has 1 fully saturated rings. The lowest BCUT2D eigenvalue weighted by Crippen LogP contribution is -2.48. The first kappa shape index (κ1) is 23.9. The summed E-state index contributed by atoms with van der Waals surface area (Å²) in [6.45, 7) is 5.82. The zero-order chi connectivity index (χ0) is 23.9. The van der Waals surface area contributed by atoms with Gasteiger partial charge in [-0.25, -0.2) is 0 Å². The Labute approximate surface area is 204 Å². The van der Waals surface area contributed by atoms with Gasteiger partial charge >= 0.3 is 0 Å². The SMILES string of the molecule is CCN(C(=O)CCc1nc(CN2CCN(C(=O)c3ccc(Cl)cc3)CC2)no1)c1ccccc1. The highest BCUT2D eigenvalue weighted by Crippen LogP contribution is 2.16. The Hall–Kier alpha value is -3.23. The topological polar surface area (TPSA) is 82.8 Å². The van der Waals surface area contributed by atoms with E-state index in [-0.39, 0.29) is 11.8 Å². The van der Waals surface area contributed by atoms with E-state index in [1.165, 1.54) is 0 Å². The smallest absolute Gasteiger partial charge is 0.253 e. The number of carbonyl (C=O) groups is 2. The average Bonchev–Trinajstić information content (AvgIpc) is 3.31. The Kier molecular flexibility index (Phi) is 7.92. The van der Waals surface area contributed by atoms with Crippen molar-refractivity contribution in [1.29, 1.82) is 0 Å². The van der Waals surface area contributed by atoms with E-state index in [1.807, 2.05) is 42.2 Å². The van der Waals surface area contributed by atoms with Gasteiger partial charge in [-0.1, -0.05) is 35.0 Å². The number of piperazine rings is 1. The second kappa shape index (κ2) is 11.3. The van der Waals surface area contributed by atoms with E-state index >= 15 is 0 Å². The first-order valence-electron chi connectivity index (χ1n) is 11.5. The van der Waals surface area contributed by atoms with Crippen LogP contribution in [0.5, 0.6) is 0 Å². The van der Waals surface area contributed by atoms with Crippen LogP contribution >= 0.6 is 11.6 Å². The van der Waals surface area contributed by atoms with Crippen LogP contribution in [0, 0.1) is 0 Å². The summed E-state index contributed by atoms with van der Waals surface area (Å²) < 4.78 is 5.37. The van der Waals surface area contributed by atoms with Gasteiger partial charge in [0.05, 0.1) is 6.54 Å². The van der Waals surface area contributed by atoms with Gasteiger partial charge < -0.3 is 14.3 Å². The maximum absolute atomic E-state index is 12.7. The monoisotopic (exact) mass is 481 g/mol. The fraction of sp³-hybridized carbons (Fsp3) is 0.360. The Morgan fingerprint density at radius 2 is 1.74 bits per heavy atom. The summed E-state index contributed by atoms with van der Waals surface area (Å²) in [5.41, 5.74) is 1.53. The number of nitrogens with zero attached hydrogens (tertiary/aromatic N) is 5. The molecule has 9 heteroatoms. The first-order valence-corrected chi connectivity index (χ1v) is 11.9. The minimum atomic E-state index is 0.0134. The van der Waals surface area contributed by atoms with Crippen molar-refractivity contribution < 1.29 is 14.1 Å². The number of carbonyl (C=O) groups excluding carboxylic acids is 2. The molecule has 0 saturated carbocycles. The highest BCUT2D eigenvalue weighted by molar-refractivity contribution is 6.30. The maximum atomic E-state index is 12.7. The van der Waals surface area contributed by atoms with Crippen molar-refractivity contribution >= 4 is 29.1 Å². The van der Waals surface area contributed by atoms with Gasteiger partial charge in [-0.05, 0) is 43.3 Å². The number of benzene rings is 2. The first-order chi connectivity index (χ1) is 16.5. The highest BCUT2D eigenvalue weighted by atomic mass is 35.5. The summed E-state index contributed by atoms with van der Waals surface area (Å²) in [5.74, 6) is 1.09. The molecule has 0 spiro atoms. The lowest BCUT2D eigenvalue weighted by atomic mass is 10.2. The van der Waals surface area contributed by atoms with Crippen LogP contribution in [-0.2, 0) is 17.8 Å². The third-order valence-electron chi connectivity index (χ3n) is 5.86. The Bertz CT molecular complexity index is 1100. The highest BCUT2D eigenvalue weighted by Gasteiger charge is 2.23. The van der Waals surface area contributed by atoms with Crippen LogP contribution in [-0.4, -0.2) is 64.5 Å². The van der Waals surface area contributed by atoms with Crippen LogP contribution in [0.15, 0.2) is 59.1 Å². The van der Waals surface area contributed by atoms with E-state index in [0.717, 1.165) is 18.8 Å². The molecule has 1 aliphatic heterocycles. The summed E-state index contributed by atoms with van der Waals surface area (Å²) >= 11 is 5.91. The van der Waals surface area contributed by atoms with Gasteiger partial charge in [-0.3, -0.25) is 14.5 Å². The van der Waals surface area contributed by atoms with Crippen molar-refractivity contribution in [2.45, 2.75) is 26.3 Å². The number of hydrogen-bond acceptors (Lipinski definition) is 6. The molecule has 1 aromatic heterocycles. The zero-order valence-electron chi connectivity index (χ0n) is 19.2. The summed E-state index contributed by atoms with van der Waals surface area (Å²) in [6.07, 6.45) is 0.703. The number of amides is 2. The number of anilines is 1. The molecule has 2 aromatic carbocycles. The number of para-hydroxylation sites is 1. The second-order valence-corrected chi connectivity index (χ2v) is 8.59. The van der Waals surface area contributed by atoms with Gasteiger partial charge in [0.1, 0.15) is 0 Å². The Morgan fingerprint density at radius 3 is 2.41 bits per heavy atom. The van der Waals surface area contributed by atoms with E-state index in [1.54, 1.807) is 29.2 Å². The molecule has 3 aromatic rings. The van der Waals surface area contributed by atoms with Gasteiger partial charge in [0.15, 0.2) is 5.82 Å². The van der Waals surface area contributed by atoms with Crippen molar-refractivity contribution in [2.75, 3.05) is 37.6 Å². The van der Waals surface area contributed by atoms with Crippen LogP contribution in [0.25, 0.3) is 0 Å². The molecule has 178 valence electrons. The summed E-state index contributed by atoms with van der Waals surface area (Å²) in [4.78, 5) is 35.6. The van der Waals surface area contributed by atoms with E-state index < -0.39 is 0 Å². The number of aromatic nitrogens is 2. The molecule has 34 heavy (non-hydrogen) atoms. The number of halogens is 1. The standard InChI is InChI=1S/C25H28ClN5O3/c1-2-31(21-6-4-3-5-7-21)24(32)13-12-23-27-22(28-34-23)18-29-14-16-30(17-15-29)25(33)19-8-10-20(26)11-9-19/h3-11H,2,12-18H2,1H3. The van der Waals surface area contributed by atoms with E-state index in [9.17, 15) is 9.59 Å². The minimum absolute atomic E-state index is 0.0134. The van der Waals surface area contributed by atoms with Crippen molar-refractivity contribution in [3.8, 4) is 0 Å². The average molecular weight is 482 g/mol. The fourth-order valence-electron chi connectivity index (χ4n) is 4.00. The summed E-state index contributed by atoms with van der Waals surface area (Å²) in [7, 11) is 0. The summed E-state index contributed by atoms with van der Waals surface area (Å²) in [5, 5.41) is 4.69. The lowest BCUT2D eigenvalue weighted by Gasteiger charge is -2.34. The van der Waals surface area contributed by atoms with Crippen molar-refractivity contribution in [3.05, 3.63) is 76.9 Å². The van der Waals surface area contributed by atoms with Crippen molar-refractivity contribution in [2.24, 2.45) is 0 Å². The zero-order valence-corrected chi connectivity index (χ0v) is 19.9. The van der Waals surface area contributed by atoms with Gasteiger partial charge in [0.2, 0.25) is 11.8 Å². The molecular formula is C25H28ClN5O3. The van der Waals surface area contributed by atoms with Crippen LogP contribution in [0.1, 0.15) is 35.4 Å². The summed E-state index contributed by atoms with van der Waals surface area (Å²) in [6, 6.07) is 16.6. The van der Waals surface area contributed by atoms with Gasteiger partial charge in [-0.15, -0.1) is 0 Å². The van der Waals surface area contributed by atoms with Gasteiger partial charge in [-0.2, -0.15) is 4.98 Å². The van der Waals surface area contributed by atoms with Crippen LogP contribution in [0.2, 0.25) is 5.02 Å². The molecule has 0 atom stereocenters. The molecule has 0 N–H and O–H groups in total. The number of rotatable bonds is 8. The van der Waals surface area contributed by atoms with Crippen molar-refractivity contribution in [1.82, 2.24) is 19.9 Å². The Morgan fingerprint density at radius 1 is 1.03 bits per heavy atom. The van der Waals surface area contributed by atoms with Crippen molar-refractivity contribution in [3.63, 3.8) is 0 Å². The van der Waals surface area contributed by atoms with Crippen LogP contribution < -0.4 is 4.90 Å². The predicted octanol–water partition coefficient (Wildman–Crippen LogP) is 3.67. The molecule has 1 saturated heterocycles. The van der Waals surface area contributed by atoms with Gasteiger partial charge in [0, 0.05) is 61.8 Å². The third kappa shape index (κ3) is 6.01. The molecule has 8 nitrogen and oxygen atoms in total. The largest absolute Gasteiger partial charge is 0.339 e. The molecular weight excluding hydrogens is 454 g/mol. The molecule has 0 radical (unpaired) electrons. The molecule has 2 heterocycles. The number of hydrogen-bond donors (Lipinski definition) is 0. The molecule has 0 unspecified atom stereocenters. The van der Waals surface area contributed by atoms with Crippen LogP contribution in [0.4, 0.5) is 5.69 Å². The minimum Gasteiger partial charge on any atom is -0.339 e. The molecule has 4 rings (SSSR count). The molecule has 0 bridgehead atoms. The molecule has 1 aliphatic rings. The molecule has 0 aliphatic carbocycles. The predicted molar refractivity (Wildman–Crippen MR) is 130 cm³/mol. The van der Waals surface area contributed by atoms with E-state index in [0.29, 0.717) is 61.3 Å². The lowest BCUT2D eigenvalue weighted by molar-refractivity contribution is -0.118. The van der Waals surface area contributed by atoms with Gasteiger partial charge in [0.25, 0.3) is 5.91 Å². The van der Waals surface area contributed by atoms with Crippen LogP contribution in [0.3, 0.4) is 0 Å².